The van der Waals surface area contributed by atoms with Crippen molar-refractivity contribution in [1.82, 2.24) is 9.88 Å². The second kappa shape index (κ2) is 10.5. The number of carboxylic acids is 1. The number of benzene rings is 1. The minimum atomic E-state index is -0.833. The summed E-state index contributed by atoms with van der Waals surface area (Å²) in [6.07, 6.45) is 3.67. The summed E-state index contributed by atoms with van der Waals surface area (Å²) >= 11 is 6.54. The Morgan fingerprint density at radius 1 is 1.06 bits per heavy atom. The molecule has 2 N–H and O–H groups in total. The molecular formula is C24H21N3O6S2. The fourth-order valence-electron chi connectivity index (χ4n) is 3.84. The number of aliphatic carboxylic acids is 1. The van der Waals surface area contributed by atoms with Crippen molar-refractivity contribution in [3.05, 3.63) is 52.6 Å². The van der Waals surface area contributed by atoms with Crippen molar-refractivity contribution in [3.63, 3.8) is 0 Å². The zero-order chi connectivity index (χ0) is 25.1. The van der Waals surface area contributed by atoms with Gasteiger partial charge in [-0.25, -0.2) is 4.98 Å². The molecule has 180 valence electrons. The predicted octanol–water partition coefficient (Wildman–Crippen LogP) is 3.07. The van der Waals surface area contributed by atoms with E-state index in [-0.39, 0.29) is 17.9 Å². The lowest BCUT2D eigenvalue weighted by Crippen LogP contribution is -2.30. The monoisotopic (exact) mass is 511 g/mol. The van der Waals surface area contributed by atoms with Gasteiger partial charge in [0, 0.05) is 18.5 Å². The van der Waals surface area contributed by atoms with E-state index in [0.717, 1.165) is 4.90 Å². The molecule has 2 amide bonds. The molecule has 0 radical (unpaired) electrons. The molecule has 0 unspecified atom stereocenters. The van der Waals surface area contributed by atoms with E-state index in [4.69, 9.17) is 17.3 Å². The molecule has 1 aromatic carbocycles. The Balaban J connectivity index is 1.49. The van der Waals surface area contributed by atoms with Gasteiger partial charge in [-0.15, -0.1) is 0 Å². The average molecular weight is 512 g/mol. The highest BCUT2D eigenvalue weighted by atomic mass is 32.2. The summed E-state index contributed by atoms with van der Waals surface area (Å²) in [6.45, 7) is -0.146. The lowest BCUT2D eigenvalue weighted by molar-refractivity contribution is -0.137. The number of carboxylic acid groups (broad SMARTS) is 1. The van der Waals surface area contributed by atoms with E-state index in [1.165, 1.54) is 16.7 Å². The number of aromatic nitrogens is 1. The molecule has 1 fully saturated rings. The van der Waals surface area contributed by atoms with Gasteiger partial charge in [-0.2, -0.15) is 0 Å². The summed E-state index contributed by atoms with van der Waals surface area (Å²) in [5.74, 6) is -2.50. The third kappa shape index (κ3) is 5.16. The molecule has 4 rings (SSSR count). The third-order valence-electron chi connectivity index (χ3n) is 5.60. The van der Waals surface area contributed by atoms with Crippen molar-refractivity contribution in [2.45, 2.75) is 25.7 Å². The minimum Gasteiger partial charge on any atom is -0.481 e. The van der Waals surface area contributed by atoms with Crippen LogP contribution < -0.4 is 4.90 Å². The first-order chi connectivity index (χ1) is 16.8. The molecule has 0 atom stereocenters. The lowest BCUT2D eigenvalue weighted by Gasteiger charge is -2.13. The minimum absolute atomic E-state index is 0.106. The average Bonchev–Trinajstić information content (AvgIpc) is 3.24. The number of hydrogen-bond acceptors (Lipinski definition) is 8. The van der Waals surface area contributed by atoms with Crippen LogP contribution in [0, 0.1) is 0 Å². The fourth-order valence-corrected chi connectivity index (χ4v) is 5.14. The second-order valence-corrected chi connectivity index (χ2v) is 9.60. The molecule has 35 heavy (non-hydrogen) atoms. The number of aliphatic hydroxyl groups is 1. The standard InChI is InChI=1S/C24H21N3O6S2/c28-13-27-18-9-8-14(11-16(18)21(31)23(27)33)17-6-4-5-15(25-17)12-19-22(32)26(24(34)35-19)10-3-1-2-7-20(29)30/h4-6,8-9,11-12,28H,1-3,7,10,13H2,(H,29,30)/b19-12-. The van der Waals surface area contributed by atoms with Crippen molar-refractivity contribution >= 4 is 63.6 Å². The van der Waals surface area contributed by atoms with E-state index >= 15 is 0 Å². The lowest BCUT2D eigenvalue weighted by atomic mass is 10.0. The van der Waals surface area contributed by atoms with Gasteiger partial charge in [0.25, 0.3) is 11.7 Å². The maximum Gasteiger partial charge on any atom is 0.303 e. The number of thioether (sulfide) groups is 1. The van der Waals surface area contributed by atoms with Gasteiger partial charge in [0.15, 0.2) is 0 Å². The van der Waals surface area contributed by atoms with Crippen LogP contribution in [0.5, 0.6) is 0 Å². The number of pyridine rings is 1. The Kier molecular flexibility index (Phi) is 7.39. The Bertz CT molecular complexity index is 1280. The molecule has 0 spiro atoms. The molecule has 2 aromatic rings. The number of carbonyl (C=O) groups is 4. The number of ketones is 1. The number of hydrogen-bond donors (Lipinski definition) is 2. The van der Waals surface area contributed by atoms with Gasteiger partial charge in [-0.05, 0) is 43.2 Å². The van der Waals surface area contributed by atoms with Gasteiger partial charge in [-0.3, -0.25) is 29.0 Å². The Morgan fingerprint density at radius 2 is 1.86 bits per heavy atom. The number of fused-ring (bicyclic) bond motifs is 1. The SMILES string of the molecule is O=C(O)CCCCCN1C(=O)/C(=C/c2cccc(-c3ccc4c(c3)C(=O)C(=O)N4CO)n2)SC1=S. The number of nitrogens with zero attached hydrogens (tertiary/aromatic N) is 3. The van der Waals surface area contributed by atoms with Gasteiger partial charge in [-0.1, -0.05) is 42.5 Å². The van der Waals surface area contributed by atoms with Crippen LogP contribution in [0.2, 0.25) is 0 Å². The molecule has 11 heteroatoms. The number of aliphatic hydroxyl groups excluding tert-OH is 1. The first-order valence-electron chi connectivity index (χ1n) is 10.9. The Morgan fingerprint density at radius 3 is 2.60 bits per heavy atom. The van der Waals surface area contributed by atoms with Crippen molar-refractivity contribution in [2.75, 3.05) is 18.2 Å². The normalized spacial score (nSPS) is 16.5. The largest absolute Gasteiger partial charge is 0.481 e. The summed E-state index contributed by atoms with van der Waals surface area (Å²) in [6, 6.07) is 10.2. The molecular weight excluding hydrogens is 490 g/mol. The molecule has 2 aliphatic heterocycles. The first-order valence-corrected chi connectivity index (χ1v) is 12.1. The van der Waals surface area contributed by atoms with Crippen LogP contribution in [0.4, 0.5) is 5.69 Å². The van der Waals surface area contributed by atoms with E-state index in [1.54, 1.807) is 42.5 Å². The third-order valence-corrected chi connectivity index (χ3v) is 6.98. The topological polar surface area (TPSA) is 128 Å². The molecule has 0 bridgehead atoms. The van der Waals surface area contributed by atoms with E-state index < -0.39 is 24.4 Å². The van der Waals surface area contributed by atoms with Gasteiger partial charge in [0.05, 0.1) is 27.5 Å². The molecule has 1 saturated heterocycles. The van der Waals surface area contributed by atoms with E-state index in [9.17, 15) is 24.3 Å². The number of carbonyl (C=O) groups excluding carboxylic acids is 3. The number of unbranched alkanes of at least 4 members (excludes halogenated alkanes) is 2. The van der Waals surface area contributed by atoms with Crippen molar-refractivity contribution in [2.24, 2.45) is 0 Å². The van der Waals surface area contributed by atoms with Crippen LogP contribution in [0.25, 0.3) is 17.3 Å². The summed E-state index contributed by atoms with van der Waals surface area (Å²) in [5.41, 5.74) is 2.27. The maximum absolute atomic E-state index is 12.8. The van der Waals surface area contributed by atoms with Crippen LogP contribution in [0.1, 0.15) is 41.7 Å². The van der Waals surface area contributed by atoms with Crippen LogP contribution in [-0.2, 0) is 14.4 Å². The number of amides is 2. The number of anilines is 1. The molecule has 2 aliphatic rings. The molecule has 1 aromatic heterocycles. The van der Waals surface area contributed by atoms with E-state index in [1.807, 2.05) is 0 Å². The van der Waals surface area contributed by atoms with Crippen LogP contribution >= 0.6 is 24.0 Å². The van der Waals surface area contributed by atoms with E-state index in [0.29, 0.717) is 57.7 Å². The quantitative estimate of drug-likeness (QED) is 0.226. The highest BCUT2D eigenvalue weighted by Crippen LogP contribution is 2.34. The summed E-state index contributed by atoms with van der Waals surface area (Å²) in [7, 11) is 0. The van der Waals surface area contributed by atoms with Gasteiger partial charge < -0.3 is 10.2 Å². The summed E-state index contributed by atoms with van der Waals surface area (Å²) < 4.78 is 0.450. The number of thiocarbonyl (C=S) groups is 1. The van der Waals surface area contributed by atoms with Gasteiger partial charge in [0.2, 0.25) is 0 Å². The smallest absolute Gasteiger partial charge is 0.303 e. The van der Waals surface area contributed by atoms with Crippen molar-refractivity contribution < 1.29 is 29.4 Å². The zero-order valence-electron chi connectivity index (χ0n) is 18.5. The van der Waals surface area contributed by atoms with E-state index in [2.05, 4.69) is 4.98 Å². The maximum atomic E-state index is 12.8. The summed E-state index contributed by atoms with van der Waals surface area (Å²) in [4.78, 5) is 55.3. The number of rotatable bonds is 9. The number of Topliss-reactive ketones (excluding diaryl/α,β-unsaturated/α-hetero) is 1. The molecule has 3 heterocycles. The zero-order valence-corrected chi connectivity index (χ0v) is 20.1. The highest BCUT2D eigenvalue weighted by Gasteiger charge is 2.35. The highest BCUT2D eigenvalue weighted by molar-refractivity contribution is 8.26. The van der Waals surface area contributed by atoms with Crippen LogP contribution in [0.15, 0.2) is 41.3 Å². The van der Waals surface area contributed by atoms with Gasteiger partial charge in [0.1, 0.15) is 11.1 Å². The fraction of sp³-hybridized carbons (Fsp3) is 0.250. The Hall–Kier alpha value is -3.41. The molecule has 9 nitrogen and oxygen atoms in total. The van der Waals surface area contributed by atoms with Gasteiger partial charge >= 0.3 is 11.9 Å². The first kappa shape index (κ1) is 24.7. The predicted molar refractivity (Wildman–Crippen MR) is 135 cm³/mol. The van der Waals surface area contributed by atoms with Crippen molar-refractivity contribution in [1.29, 1.82) is 0 Å². The van der Waals surface area contributed by atoms with Crippen molar-refractivity contribution in [3.8, 4) is 11.3 Å². The summed E-state index contributed by atoms with van der Waals surface area (Å²) in [5, 5.41) is 18.1. The second-order valence-electron chi connectivity index (χ2n) is 7.92. The van der Waals surface area contributed by atoms with Crippen LogP contribution in [0.3, 0.4) is 0 Å². The van der Waals surface area contributed by atoms with Crippen LogP contribution in [-0.4, -0.2) is 61.3 Å². The Labute approximate surface area is 210 Å². The molecule has 0 saturated carbocycles. The molecule has 0 aliphatic carbocycles.